The number of amides is 1. The first-order valence-electron chi connectivity index (χ1n) is 7.04. The third-order valence-corrected chi connectivity index (χ3v) is 3.84. The summed E-state index contributed by atoms with van der Waals surface area (Å²) in [7, 11) is 0. The van der Waals surface area contributed by atoms with Crippen LogP contribution < -0.4 is 5.32 Å². The molecular weight excluding hydrogens is 259 g/mol. The number of aromatic hydroxyl groups is 1. The lowest BCUT2D eigenvalue weighted by atomic mass is 9.93. The Morgan fingerprint density at radius 3 is 2.90 bits per heavy atom. The Balaban J connectivity index is 2.07. The second-order valence-corrected chi connectivity index (χ2v) is 5.35. The van der Waals surface area contributed by atoms with Crippen LogP contribution in [0.1, 0.15) is 30.6 Å². The van der Waals surface area contributed by atoms with Gasteiger partial charge in [0, 0.05) is 25.2 Å². The van der Waals surface area contributed by atoms with Crippen LogP contribution in [0, 0.1) is 11.7 Å². The van der Waals surface area contributed by atoms with Gasteiger partial charge >= 0.3 is 0 Å². The van der Waals surface area contributed by atoms with E-state index in [1.54, 1.807) is 4.90 Å². The molecule has 2 N–H and O–H groups in total. The number of rotatable bonds is 3. The maximum atomic E-state index is 13.7. The van der Waals surface area contributed by atoms with Crippen molar-refractivity contribution in [1.82, 2.24) is 10.2 Å². The first-order chi connectivity index (χ1) is 9.52. The molecule has 110 valence electrons. The number of piperidine rings is 1. The summed E-state index contributed by atoms with van der Waals surface area (Å²) in [6, 6.07) is 4.06. The van der Waals surface area contributed by atoms with Crippen LogP contribution in [0.3, 0.4) is 0 Å². The smallest absolute Gasteiger partial charge is 0.256 e. The molecule has 1 aliphatic heterocycles. The molecular formula is C15H21FN2O2. The van der Waals surface area contributed by atoms with Crippen LogP contribution in [0.4, 0.5) is 4.39 Å². The molecule has 0 radical (unpaired) electrons. The summed E-state index contributed by atoms with van der Waals surface area (Å²) in [4.78, 5) is 14.0. The summed E-state index contributed by atoms with van der Waals surface area (Å²) in [5.41, 5.74) is 0.0249. The standard InChI is InChI=1S/C15H21FN2O2/c1-3-17-14-6-7-18(9-10(14)2)15(20)12-5-4-11(19)8-13(12)16/h4-5,8,10,14,17,19H,3,6-7,9H2,1-2H3. The van der Waals surface area contributed by atoms with Crippen molar-refractivity contribution in [3.8, 4) is 5.75 Å². The van der Waals surface area contributed by atoms with E-state index in [1.165, 1.54) is 12.1 Å². The molecule has 2 rings (SSSR count). The van der Waals surface area contributed by atoms with Crippen LogP contribution >= 0.6 is 0 Å². The minimum atomic E-state index is -0.670. The Hall–Kier alpha value is -1.62. The van der Waals surface area contributed by atoms with Gasteiger partial charge < -0.3 is 15.3 Å². The van der Waals surface area contributed by atoms with Crippen molar-refractivity contribution < 1.29 is 14.3 Å². The maximum Gasteiger partial charge on any atom is 0.256 e. The van der Waals surface area contributed by atoms with Crippen LogP contribution in [0.15, 0.2) is 18.2 Å². The van der Waals surface area contributed by atoms with E-state index in [1.807, 2.05) is 0 Å². The number of nitrogens with one attached hydrogen (secondary N) is 1. The topological polar surface area (TPSA) is 52.6 Å². The second kappa shape index (κ2) is 6.22. The van der Waals surface area contributed by atoms with Crippen LogP contribution in [0.25, 0.3) is 0 Å². The van der Waals surface area contributed by atoms with Gasteiger partial charge in [-0.2, -0.15) is 0 Å². The van der Waals surface area contributed by atoms with Crippen molar-refractivity contribution in [2.24, 2.45) is 5.92 Å². The van der Waals surface area contributed by atoms with Crippen molar-refractivity contribution in [1.29, 1.82) is 0 Å². The van der Waals surface area contributed by atoms with E-state index >= 15 is 0 Å². The number of carbonyl (C=O) groups excluding carboxylic acids is 1. The fourth-order valence-electron chi connectivity index (χ4n) is 2.74. The van der Waals surface area contributed by atoms with Gasteiger partial charge in [-0.3, -0.25) is 4.79 Å². The van der Waals surface area contributed by atoms with E-state index in [-0.39, 0.29) is 17.2 Å². The molecule has 1 heterocycles. The number of likely N-dealkylation sites (tertiary alicyclic amines) is 1. The highest BCUT2D eigenvalue weighted by atomic mass is 19.1. The normalized spacial score (nSPS) is 22.9. The molecule has 1 fully saturated rings. The Morgan fingerprint density at radius 1 is 1.55 bits per heavy atom. The summed E-state index contributed by atoms with van der Waals surface area (Å²) in [6.07, 6.45) is 0.875. The van der Waals surface area contributed by atoms with Gasteiger partial charge in [-0.05, 0) is 31.0 Å². The number of hydrogen-bond acceptors (Lipinski definition) is 3. The van der Waals surface area contributed by atoms with Crippen LogP contribution in [-0.2, 0) is 0 Å². The zero-order valence-corrected chi connectivity index (χ0v) is 11.9. The van der Waals surface area contributed by atoms with Crippen molar-refractivity contribution in [3.05, 3.63) is 29.6 Å². The first-order valence-corrected chi connectivity index (χ1v) is 7.04. The molecule has 5 heteroatoms. The van der Waals surface area contributed by atoms with E-state index in [0.29, 0.717) is 25.0 Å². The average Bonchev–Trinajstić information content (AvgIpc) is 2.40. The van der Waals surface area contributed by atoms with Gasteiger partial charge in [0.1, 0.15) is 11.6 Å². The number of phenols is 1. The quantitative estimate of drug-likeness (QED) is 0.890. The van der Waals surface area contributed by atoms with Gasteiger partial charge in [0.15, 0.2) is 0 Å². The molecule has 2 unspecified atom stereocenters. The minimum Gasteiger partial charge on any atom is -0.508 e. The SMILES string of the molecule is CCNC1CCN(C(=O)c2ccc(O)cc2F)CC1C. The maximum absolute atomic E-state index is 13.7. The second-order valence-electron chi connectivity index (χ2n) is 5.35. The number of phenolic OH excluding ortho intramolecular Hbond substituents is 1. The van der Waals surface area contributed by atoms with Crippen molar-refractivity contribution in [2.75, 3.05) is 19.6 Å². The summed E-state index contributed by atoms with van der Waals surface area (Å²) in [5.74, 6) is -0.799. The molecule has 0 spiro atoms. The minimum absolute atomic E-state index is 0.0249. The summed E-state index contributed by atoms with van der Waals surface area (Å²) >= 11 is 0. The lowest BCUT2D eigenvalue weighted by Gasteiger charge is -2.37. The Kier molecular flexibility index (Phi) is 4.60. The Bertz CT molecular complexity index is 493. The van der Waals surface area contributed by atoms with E-state index in [4.69, 9.17) is 0 Å². The molecule has 1 amide bonds. The number of benzene rings is 1. The number of carbonyl (C=O) groups is 1. The zero-order chi connectivity index (χ0) is 14.7. The largest absolute Gasteiger partial charge is 0.508 e. The van der Waals surface area contributed by atoms with Gasteiger partial charge in [-0.15, -0.1) is 0 Å². The van der Waals surface area contributed by atoms with E-state index in [0.717, 1.165) is 19.0 Å². The first kappa shape index (κ1) is 14.8. The molecule has 0 bridgehead atoms. The van der Waals surface area contributed by atoms with Crippen LogP contribution in [0.2, 0.25) is 0 Å². The highest BCUT2D eigenvalue weighted by Crippen LogP contribution is 2.21. The monoisotopic (exact) mass is 280 g/mol. The predicted octanol–water partition coefficient (Wildman–Crippen LogP) is 1.99. The highest BCUT2D eigenvalue weighted by molar-refractivity contribution is 5.94. The molecule has 1 saturated heterocycles. The Labute approximate surface area is 118 Å². The third kappa shape index (κ3) is 3.10. The fraction of sp³-hybridized carbons (Fsp3) is 0.533. The molecule has 0 saturated carbocycles. The molecule has 1 aliphatic rings. The van der Waals surface area contributed by atoms with E-state index in [9.17, 15) is 14.3 Å². The van der Waals surface area contributed by atoms with Crippen molar-refractivity contribution in [2.45, 2.75) is 26.3 Å². The van der Waals surface area contributed by atoms with Gasteiger partial charge in [-0.1, -0.05) is 13.8 Å². The molecule has 1 aromatic rings. The lowest BCUT2D eigenvalue weighted by molar-refractivity contribution is 0.0641. The van der Waals surface area contributed by atoms with Crippen LogP contribution in [-0.4, -0.2) is 41.6 Å². The average molecular weight is 280 g/mol. The van der Waals surface area contributed by atoms with Crippen molar-refractivity contribution in [3.63, 3.8) is 0 Å². The zero-order valence-electron chi connectivity index (χ0n) is 11.9. The van der Waals surface area contributed by atoms with Gasteiger partial charge in [0.25, 0.3) is 5.91 Å². The Morgan fingerprint density at radius 2 is 2.30 bits per heavy atom. The molecule has 0 aromatic heterocycles. The summed E-state index contributed by atoms with van der Waals surface area (Å²) in [5, 5.41) is 12.6. The van der Waals surface area contributed by atoms with Crippen molar-refractivity contribution >= 4 is 5.91 Å². The molecule has 1 aromatic carbocycles. The van der Waals surface area contributed by atoms with E-state index < -0.39 is 5.82 Å². The number of nitrogens with zero attached hydrogens (tertiary/aromatic N) is 1. The number of hydrogen-bond donors (Lipinski definition) is 2. The van der Waals surface area contributed by atoms with Gasteiger partial charge in [0.05, 0.1) is 5.56 Å². The molecule has 4 nitrogen and oxygen atoms in total. The van der Waals surface area contributed by atoms with E-state index in [2.05, 4.69) is 19.2 Å². The lowest BCUT2D eigenvalue weighted by Crippen LogP contribution is -2.50. The summed E-state index contributed by atoms with van der Waals surface area (Å²) in [6.45, 7) is 6.32. The van der Waals surface area contributed by atoms with Crippen LogP contribution in [0.5, 0.6) is 5.75 Å². The fourth-order valence-corrected chi connectivity index (χ4v) is 2.74. The molecule has 0 aliphatic carbocycles. The molecule has 20 heavy (non-hydrogen) atoms. The summed E-state index contributed by atoms with van der Waals surface area (Å²) < 4.78 is 13.7. The third-order valence-electron chi connectivity index (χ3n) is 3.84. The predicted molar refractivity (Wildman–Crippen MR) is 75.2 cm³/mol. The highest BCUT2D eigenvalue weighted by Gasteiger charge is 2.29. The van der Waals surface area contributed by atoms with Gasteiger partial charge in [0.2, 0.25) is 0 Å². The number of halogens is 1. The molecule has 2 atom stereocenters. The van der Waals surface area contributed by atoms with Gasteiger partial charge in [-0.25, -0.2) is 4.39 Å².